The van der Waals surface area contributed by atoms with E-state index in [1.54, 1.807) is 42.5 Å². The first-order chi connectivity index (χ1) is 19.0. The van der Waals surface area contributed by atoms with Crippen molar-refractivity contribution in [1.29, 1.82) is 0 Å². The number of carbonyl (C=O) groups is 2. The van der Waals surface area contributed by atoms with Crippen molar-refractivity contribution in [3.63, 3.8) is 0 Å². The lowest BCUT2D eigenvalue weighted by atomic mass is 10.1. The lowest BCUT2D eigenvalue weighted by Gasteiger charge is -2.15. The van der Waals surface area contributed by atoms with Crippen LogP contribution in [0, 0.1) is 0 Å². The number of carbonyl (C=O) groups excluding carboxylic acids is 2. The summed E-state index contributed by atoms with van der Waals surface area (Å²) in [5.41, 5.74) is 3.75. The number of benzene rings is 4. The summed E-state index contributed by atoms with van der Waals surface area (Å²) in [4.78, 5) is 26.0. The Balaban J connectivity index is 1.38. The molecule has 0 aromatic heterocycles. The van der Waals surface area contributed by atoms with Gasteiger partial charge in [0, 0.05) is 17.1 Å². The van der Waals surface area contributed by atoms with Crippen LogP contribution < -0.4 is 26.0 Å². The van der Waals surface area contributed by atoms with Crippen molar-refractivity contribution in [3.8, 4) is 5.75 Å². The Hall–Kier alpha value is -4.69. The molecule has 0 bridgehead atoms. The van der Waals surface area contributed by atoms with E-state index in [1.807, 2.05) is 60.7 Å². The van der Waals surface area contributed by atoms with Gasteiger partial charge >= 0.3 is 0 Å². The van der Waals surface area contributed by atoms with Gasteiger partial charge < -0.3 is 20.7 Å². The largest absolute Gasteiger partial charge is 0.493 e. The molecular formula is C31H30N4O3S. The van der Waals surface area contributed by atoms with Crippen LogP contribution in [0.15, 0.2) is 103 Å². The first-order valence-electron chi connectivity index (χ1n) is 12.7. The summed E-state index contributed by atoms with van der Waals surface area (Å²) in [5, 5.41) is 11.9. The summed E-state index contributed by atoms with van der Waals surface area (Å²) in [7, 11) is 0. The van der Waals surface area contributed by atoms with E-state index in [1.165, 1.54) is 0 Å². The van der Waals surface area contributed by atoms with Crippen molar-refractivity contribution < 1.29 is 14.3 Å². The summed E-state index contributed by atoms with van der Waals surface area (Å²) < 4.78 is 5.76. The topological polar surface area (TPSA) is 91.5 Å². The van der Waals surface area contributed by atoms with E-state index < -0.39 is 5.91 Å². The number of nitrogens with one attached hydrogen (secondary N) is 4. The number of rotatable bonds is 10. The van der Waals surface area contributed by atoms with Gasteiger partial charge in [0.1, 0.15) is 5.75 Å². The van der Waals surface area contributed by atoms with Gasteiger partial charge in [0.2, 0.25) is 0 Å². The highest BCUT2D eigenvalue weighted by Crippen LogP contribution is 2.22. The molecule has 0 atom stereocenters. The number of anilines is 4. The zero-order valence-corrected chi connectivity index (χ0v) is 22.4. The first-order valence-corrected chi connectivity index (χ1v) is 13.1. The number of unbranched alkanes of at least 4 members (excludes halogenated alkanes) is 1. The molecule has 2 amide bonds. The molecule has 8 heteroatoms. The standard InChI is InChI=1S/C31H30N4O3S/c1-2-3-21-38-28-16-10-8-14-26(28)30(37)35-31(39)34-27-15-9-7-13-25(27)29(36)33-24-19-17-23(18-20-24)32-22-11-5-4-6-12-22/h4-20,32H,2-3,21H2,1H3,(H,33,36)(H2,34,35,37,39). The van der Waals surface area contributed by atoms with Crippen LogP contribution in [-0.2, 0) is 0 Å². The molecule has 0 unspecified atom stereocenters. The lowest BCUT2D eigenvalue weighted by molar-refractivity contribution is 0.0972. The van der Waals surface area contributed by atoms with Gasteiger partial charge in [-0.05, 0) is 79.3 Å². The minimum Gasteiger partial charge on any atom is -0.493 e. The zero-order chi connectivity index (χ0) is 27.5. The van der Waals surface area contributed by atoms with Crippen LogP contribution in [0.5, 0.6) is 5.75 Å². The summed E-state index contributed by atoms with van der Waals surface area (Å²) in [6.07, 6.45) is 1.88. The van der Waals surface area contributed by atoms with E-state index in [9.17, 15) is 9.59 Å². The minimum absolute atomic E-state index is 0.0694. The van der Waals surface area contributed by atoms with E-state index in [0.717, 1.165) is 24.2 Å². The fourth-order valence-electron chi connectivity index (χ4n) is 3.74. The molecule has 4 N–H and O–H groups in total. The van der Waals surface area contributed by atoms with Crippen molar-refractivity contribution in [2.24, 2.45) is 0 Å². The Morgan fingerprint density at radius 3 is 2.05 bits per heavy atom. The van der Waals surface area contributed by atoms with E-state index in [2.05, 4.69) is 28.2 Å². The van der Waals surface area contributed by atoms with Gasteiger partial charge in [-0.15, -0.1) is 0 Å². The second-order valence-corrected chi connectivity index (χ2v) is 9.08. The maximum absolute atomic E-state index is 13.1. The zero-order valence-electron chi connectivity index (χ0n) is 21.6. The number of amides is 2. The van der Waals surface area contributed by atoms with Crippen molar-refractivity contribution in [2.45, 2.75) is 19.8 Å². The SMILES string of the molecule is CCCCOc1ccccc1C(=O)NC(=S)Nc1ccccc1C(=O)Nc1ccc(Nc2ccccc2)cc1. The number of thiocarbonyl (C=S) groups is 1. The van der Waals surface area contributed by atoms with Gasteiger partial charge in [0.15, 0.2) is 5.11 Å². The molecule has 4 aromatic carbocycles. The highest BCUT2D eigenvalue weighted by Gasteiger charge is 2.16. The third-order valence-corrected chi connectivity index (χ3v) is 5.94. The van der Waals surface area contributed by atoms with Gasteiger partial charge in [-0.25, -0.2) is 0 Å². The predicted molar refractivity (Wildman–Crippen MR) is 161 cm³/mol. The average molecular weight is 539 g/mol. The molecule has 39 heavy (non-hydrogen) atoms. The maximum atomic E-state index is 13.1. The number of hydrogen-bond donors (Lipinski definition) is 4. The summed E-state index contributed by atoms with van der Waals surface area (Å²) >= 11 is 5.38. The number of hydrogen-bond acceptors (Lipinski definition) is 5. The van der Waals surface area contributed by atoms with Crippen LogP contribution >= 0.6 is 12.2 Å². The second kappa shape index (κ2) is 13.7. The summed E-state index contributed by atoms with van der Waals surface area (Å²) in [6, 6.07) is 31.2. The normalized spacial score (nSPS) is 10.3. The molecule has 0 saturated heterocycles. The molecule has 0 fully saturated rings. The molecule has 0 heterocycles. The Morgan fingerprint density at radius 1 is 0.692 bits per heavy atom. The van der Waals surface area contributed by atoms with E-state index in [4.69, 9.17) is 17.0 Å². The van der Waals surface area contributed by atoms with Gasteiger partial charge in [-0.3, -0.25) is 14.9 Å². The molecular weight excluding hydrogens is 508 g/mol. The van der Waals surface area contributed by atoms with Gasteiger partial charge in [0.05, 0.1) is 23.4 Å². The van der Waals surface area contributed by atoms with Crippen molar-refractivity contribution in [1.82, 2.24) is 5.32 Å². The molecule has 0 radical (unpaired) electrons. The smallest absolute Gasteiger partial charge is 0.261 e. The van der Waals surface area contributed by atoms with Gasteiger partial charge in [-0.1, -0.05) is 55.8 Å². The molecule has 7 nitrogen and oxygen atoms in total. The van der Waals surface area contributed by atoms with E-state index in [0.29, 0.717) is 34.9 Å². The fourth-order valence-corrected chi connectivity index (χ4v) is 3.95. The lowest BCUT2D eigenvalue weighted by Crippen LogP contribution is -2.35. The fraction of sp³-hybridized carbons (Fsp3) is 0.129. The van der Waals surface area contributed by atoms with Crippen molar-refractivity contribution >= 4 is 51.9 Å². The van der Waals surface area contributed by atoms with Crippen LogP contribution in [-0.4, -0.2) is 23.5 Å². The monoisotopic (exact) mass is 538 g/mol. The predicted octanol–water partition coefficient (Wildman–Crippen LogP) is 6.99. The van der Waals surface area contributed by atoms with Crippen LogP contribution in [0.1, 0.15) is 40.5 Å². The molecule has 0 saturated carbocycles. The van der Waals surface area contributed by atoms with Crippen molar-refractivity contribution in [2.75, 3.05) is 22.6 Å². The minimum atomic E-state index is -0.397. The third kappa shape index (κ3) is 7.90. The molecule has 198 valence electrons. The summed E-state index contributed by atoms with van der Waals surface area (Å²) in [6.45, 7) is 2.60. The van der Waals surface area contributed by atoms with Gasteiger partial charge in [-0.2, -0.15) is 0 Å². The van der Waals surface area contributed by atoms with E-state index in [-0.39, 0.29) is 11.0 Å². The van der Waals surface area contributed by atoms with Crippen molar-refractivity contribution in [3.05, 3.63) is 114 Å². The quantitative estimate of drug-likeness (QED) is 0.129. The highest BCUT2D eigenvalue weighted by molar-refractivity contribution is 7.80. The Kier molecular flexibility index (Phi) is 9.63. The highest BCUT2D eigenvalue weighted by atomic mass is 32.1. The van der Waals surface area contributed by atoms with Gasteiger partial charge in [0.25, 0.3) is 11.8 Å². The maximum Gasteiger partial charge on any atom is 0.261 e. The van der Waals surface area contributed by atoms with Crippen LogP contribution in [0.25, 0.3) is 0 Å². The van der Waals surface area contributed by atoms with E-state index >= 15 is 0 Å². The Labute approximate surface area is 233 Å². The third-order valence-electron chi connectivity index (χ3n) is 5.74. The second-order valence-electron chi connectivity index (χ2n) is 8.67. The van der Waals surface area contributed by atoms with Crippen LogP contribution in [0.3, 0.4) is 0 Å². The molecule has 4 rings (SSSR count). The van der Waals surface area contributed by atoms with Crippen LogP contribution in [0.4, 0.5) is 22.7 Å². The average Bonchev–Trinajstić information content (AvgIpc) is 2.95. The molecule has 0 aliphatic heterocycles. The first kappa shape index (κ1) is 27.3. The molecule has 0 spiro atoms. The molecule has 0 aliphatic rings. The van der Waals surface area contributed by atoms with Crippen LogP contribution in [0.2, 0.25) is 0 Å². The number of ether oxygens (including phenoxy) is 1. The Morgan fingerprint density at radius 2 is 1.31 bits per heavy atom. The molecule has 4 aromatic rings. The Bertz CT molecular complexity index is 1430. The molecule has 0 aliphatic carbocycles. The summed E-state index contributed by atoms with van der Waals surface area (Å²) in [5.74, 6) is -0.215. The number of para-hydroxylation sites is 3.